The molecule has 1 fully saturated rings. The molecule has 1 unspecified atom stereocenters. The van der Waals surface area contributed by atoms with Crippen LogP contribution in [0.5, 0.6) is 0 Å². The minimum atomic E-state index is -0.547. The topological polar surface area (TPSA) is 58.4 Å². The number of nitrogens with zero attached hydrogens (tertiary/aromatic N) is 1. The van der Waals surface area contributed by atoms with Crippen LogP contribution in [0.25, 0.3) is 0 Å². The van der Waals surface area contributed by atoms with E-state index in [2.05, 4.69) is 17.3 Å². The maximum absolute atomic E-state index is 11.3. The lowest BCUT2D eigenvalue weighted by Gasteiger charge is -2.25. The molecule has 1 atom stereocenters. The van der Waals surface area contributed by atoms with Gasteiger partial charge in [-0.15, -0.1) is 0 Å². The van der Waals surface area contributed by atoms with Gasteiger partial charge >= 0.3 is 0 Å². The van der Waals surface area contributed by atoms with Crippen LogP contribution in [-0.4, -0.2) is 43.5 Å². The maximum atomic E-state index is 11.3. The Morgan fingerprint density at radius 3 is 2.59 bits per heavy atom. The number of nitrogens with two attached hydrogens (primary N) is 1. The molecule has 0 aromatic carbocycles. The second-order valence-electron chi connectivity index (χ2n) is 5.61. The first-order valence-electron chi connectivity index (χ1n) is 6.65. The maximum Gasteiger partial charge on any atom is 0.237 e. The summed E-state index contributed by atoms with van der Waals surface area (Å²) in [7, 11) is 3.98. The standard InChI is InChI=1S/C13H27N3O/c1-13(15-2,12(14)17)8-4-5-9-16(3)10-11-6-7-11/h11,15H,4-10H2,1-3H3,(H2,14,17). The van der Waals surface area contributed by atoms with Crippen LogP contribution in [0.4, 0.5) is 0 Å². The summed E-state index contributed by atoms with van der Waals surface area (Å²) in [6.07, 6.45) is 5.80. The highest BCUT2D eigenvalue weighted by Gasteiger charge is 2.28. The molecule has 0 heterocycles. The van der Waals surface area contributed by atoms with Gasteiger partial charge in [0.1, 0.15) is 0 Å². The van der Waals surface area contributed by atoms with E-state index >= 15 is 0 Å². The highest BCUT2D eigenvalue weighted by atomic mass is 16.1. The van der Waals surface area contributed by atoms with Crippen molar-refractivity contribution in [1.82, 2.24) is 10.2 Å². The van der Waals surface area contributed by atoms with E-state index in [1.165, 1.54) is 19.4 Å². The van der Waals surface area contributed by atoms with E-state index < -0.39 is 5.54 Å². The van der Waals surface area contributed by atoms with Gasteiger partial charge in [-0.3, -0.25) is 4.79 Å². The van der Waals surface area contributed by atoms with Gasteiger partial charge in [0.15, 0.2) is 0 Å². The van der Waals surface area contributed by atoms with E-state index in [-0.39, 0.29) is 5.91 Å². The molecule has 0 radical (unpaired) electrons. The SMILES string of the molecule is CNC(C)(CCCCN(C)CC1CC1)C(N)=O. The fourth-order valence-electron chi connectivity index (χ4n) is 2.06. The molecule has 1 amide bonds. The average molecular weight is 241 g/mol. The number of carbonyl (C=O) groups excluding carboxylic acids is 1. The van der Waals surface area contributed by atoms with Crippen LogP contribution in [0.3, 0.4) is 0 Å². The predicted molar refractivity (Wildman–Crippen MR) is 70.7 cm³/mol. The summed E-state index contributed by atoms with van der Waals surface area (Å²) < 4.78 is 0. The summed E-state index contributed by atoms with van der Waals surface area (Å²) in [5, 5.41) is 3.02. The summed E-state index contributed by atoms with van der Waals surface area (Å²) in [4.78, 5) is 13.7. The fourth-order valence-corrected chi connectivity index (χ4v) is 2.06. The van der Waals surface area contributed by atoms with E-state index in [4.69, 9.17) is 5.73 Å². The third-order valence-corrected chi connectivity index (χ3v) is 3.83. The highest BCUT2D eigenvalue weighted by Crippen LogP contribution is 2.29. The zero-order valence-electron chi connectivity index (χ0n) is 11.5. The average Bonchev–Trinajstić information content (AvgIpc) is 3.07. The highest BCUT2D eigenvalue weighted by molar-refractivity contribution is 5.84. The number of likely N-dealkylation sites (N-methyl/N-ethyl adjacent to an activating group) is 1. The Hall–Kier alpha value is -0.610. The number of nitrogens with one attached hydrogen (secondary N) is 1. The smallest absolute Gasteiger partial charge is 0.237 e. The number of unbranched alkanes of at least 4 members (excludes halogenated alkanes) is 1. The number of hydrogen-bond donors (Lipinski definition) is 2. The van der Waals surface area contributed by atoms with Crippen molar-refractivity contribution in [2.24, 2.45) is 11.7 Å². The molecular weight excluding hydrogens is 214 g/mol. The van der Waals surface area contributed by atoms with Gasteiger partial charge in [0.05, 0.1) is 5.54 Å². The molecule has 0 aliphatic heterocycles. The van der Waals surface area contributed by atoms with E-state index in [9.17, 15) is 4.79 Å². The third kappa shape index (κ3) is 5.04. The Kier molecular flexibility index (Phi) is 5.40. The molecular formula is C13H27N3O. The van der Waals surface area contributed by atoms with Crippen LogP contribution < -0.4 is 11.1 Å². The third-order valence-electron chi connectivity index (χ3n) is 3.83. The molecule has 100 valence electrons. The van der Waals surface area contributed by atoms with Crippen LogP contribution >= 0.6 is 0 Å². The van der Waals surface area contributed by atoms with E-state index in [0.717, 1.165) is 31.7 Å². The second-order valence-corrected chi connectivity index (χ2v) is 5.61. The van der Waals surface area contributed by atoms with E-state index in [0.29, 0.717) is 0 Å². The largest absolute Gasteiger partial charge is 0.368 e. The number of hydrogen-bond acceptors (Lipinski definition) is 3. The van der Waals surface area contributed by atoms with Gasteiger partial charge in [-0.05, 0) is 65.6 Å². The molecule has 0 bridgehead atoms. The Balaban J connectivity index is 2.11. The summed E-state index contributed by atoms with van der Waals surface area (Å²) in [6, 6.07) is 0. The first-order valence-corrected chi connectivity index (χ1v) is 6.65. The molecule has 4 heteroatoms. The molecule has 3 N–H and O–H groups in total. The molecule has 1 aliphatic rings. The van der Waals surface area contributed by atoms with Crippen molar-refractivity contribution in [3.63, 3.8) is 0 Å². The molecule has 0 saturated heterocycles. The normalized spacial score (nSPS) is 19.3. The Bertz CT molecular complexity index is 253. The van der Waals surface area contributed by atoms with Crippen LogP contribution in [-0.2, 0) is 4.79 Å². The first-order chi connectivity index (χ1) is 7.98. The summed E-state index contributed by atoms with van der Waals surface area (Å²) in [6.45, 7) is 4.23. The van der Waals surface area contributed by atoms with Crippen molar-refractivity contribution in [3.05, 3.63) is 0 Å². The Morgan fingerprint density at radius 1 is 1.47 bits per heavy atom. The molecule has 4 nitrogen and oxygen atoms in total. The van der Waals surface area contributed by atoms with Gasteiger partial charge in [0.25, 0.3) is 0 Å². The molecule has 17 heavy (non-hydrogen) atoms. The van der Waals surface area contributed by atoms with Gasteiger partial charge in [-0.1, -0.05) is 0 Å². The van der Waals surface area contributed by atoms with Crippen LogP contribution in [0, 0.1) is 5.92 Å². The molecule has 0 aromatic rings. The monoisotopic (exact) mass is 241 g/mol. The van der Waals surface area contributed by atoms with Crippen molar-refractivity contribution in [2.75, 3.05) is 27.2 Å². The van der Waals surface area contributed by atoms with E-state index in [1.54, 1.807) is 7.05 Å². The van der Waals surface area contributed by atoms with E-state index in [1.807, 2.05) is 6.92 Å². The number of primary amides is 1. The van der Waals surface area contributed by atoms with Crippen LogP contribution in [0.2, 0.25) is 0 Å². The van der Waals surface area contributed by atoms with Gasteiger partial charge < -0.3 is 16.0 Å². The van der Waals surface area contributed by atoms with Gasteiger partial charge in [-0.25, -0.2) is 0 Å². The quantitative estimate of drug-likeness (QED) is 0.591. The molecule has 1 rings (SSSR count). The second kappa shape index (κ2) is 6.36. The predicted octanol–water partition coefficient (Wildman–Crippen LogP) is 0.962. The minimum Gasteiger partial charge on any atom is -0.368 e. The Labute approximate surface area is 105 Å². The summed E-state index contributed by atoms with van der Waals surface area (Å²) >= 11 is 0. The number of amides is 1. The van der Waals surface area contributed by atoms with Gasteiger partial charge in [0.2, 0.25) is 5.91 Å². The minimum absolute atomic E-state index is 0.258. The number of carbonyl (C=O) groups is 1. The van der Waals surface area contributed by atoms with Crippen molar-refractivity contribution >= 4 is 5.91 Å². The molecule has 0 spiro atoms. The lowest BCUT2D eigenvalue weighted by Crippen LogP contribution is -2.51. The van der Waals surface area contributed by atoms with Gasteiger partial charge in [0, 0.05) is 6.54 Å². The molecule has 1 saturated carbocycles. The molecule has 1 aliphatic carbocycles. The van der Waals surface area contributed by atoms with Crippen LogP contribution in [0.15, 0.2) is 0 Å². The zero-order chi connectivity index (χ0) is 12.9. The fraction of sp³-hybridized carbons (Fsp3) is 0.923. The first kappa shape index (κ1) is 14.5. The summed E-state index contributed by atoms with van der Waals surface area (Å²) in [5.74, 6) is 0.694. The lowest BCUT2D eigenvalue weighted by atomic mass is 9.94. The van der Waals surface area contributed by atoms with Gasteiger partial charge in [-0.2, -0.15) is 0 Å². The van der Waals surface area contributed by atoms with Crippen LogP contribution in [0.1, 0.15) is 39.0 Å². The Morgan fingerprint density at radius 2 is 2.12 bits per heavy atom. The van der Waals surface area contributed by atoms with Crippen molar-refractivity contribution in [1.29, 1.82) is 0 Å². The lowest BCUT2D eigenvalue weighted by molar-refractivity contribution is -0.123. The van der Waals surface area contributed by atoms with Crippen molar-refractivity contribution in [3.8, 4) is 0 Å². The summed E-state index contributed by atoms with van der Waals surface area (Å²) in [5.41, 5.74) is 4.84. The zero-order valence-corrected chi connectivity index (χ0v) is 11.5. The van der Waals surface area contributed by atoms with Crippen molar-refractivity contribution in [2.45, 2.75) is 44.6 Å². The van der Waals surface area contributed by atoms with Crippen molar-refractivity contribution < 1.29 is 4.79 Å². The molecule has 0 aromatic heterocycles. The number of rotatable bonds is 9.